The molecule has 5 nitrogen and oxygen atoms in total. The molecule has 1 aliphatic heterocycles. The highest BCUT2D eigenvalue weighted by atomic mass is 16.4. The first-order valence-corrected chi connectivity index (χ1v) is 25.7. The molecule has 1 rings (SSSR count). The van der Waals surface area contributed by atoms with Crippen molar-refractivity contribution in [3.8, 4) is 0 Å². The summed E-state index contributed by atoms with van der Waals surface area (Å²) in [5, 5.41) is 17.4. The predicted molar refractivity (Wildman–Crippen MR) is 262 cm³/mol. The summed E-state index contributed by atoms with van der Waals surface area (Å²) >= 11 is 0. The number of hydrogen-bond acceptors (Lipinski definition) is 5. The summed E-state index contributed by atoms with van der Waals surface area (Å²) in [7, 11) is 3.25. The second kappa shape index (κ2) is 59.8. The van der Waals surface area contributed by atoms with Gasteiger partial charge in [0.05, 0.1) is 0 Å². The highest BCUT2D eigenvalue weighted by Gasteiger charge is 2.17. The fourth-order valence-corrected chi connectivity index (χ4v) is 7.44. The largest absolute Gasteiger partial charge is 0.396 e. The van der Waals surface area contributed by atoms with Crippen LogP contribution in [0.2, 0.25) is 0 Å². The van der Waals surface area contributed by atoms with Crippen molar-refractivity contribution in [2.24, 2.45) is 11.8 Å². The summed E-state index contributed by atoms with van der Waals surface area (Å²) in [6, 6.07) is 0. The van der Waals surface area contributed by atoms with Crippen LogP contribution in [0.3, 0.4) is 0 Å². The summed E-state index contributed by atoms with van der Waals surface area (Å²) < 4.78 is 4.25. The molecule has 0 saturated carbocycles. The first-order valence-electron chi connectivity index (χ1n) is 25.7. The second-order valence-corrected chi connectivity index (χ2v) is 17.1. The van der Waals surface area contributed by atoms with Crippen LogP contribution in [0.1, 0.15) is 254 Å². The number of aliphatic hydroxyl groups excluding tert-OH is 1. The summed E-state index contributed by atoms with van der Waals surface area (Å²) in [4.78, 5) is 0. The average molecular weight is 812 g/mol. The lowest BCUT2D eigenvalue weighted by molar-refractivity contribution is -0.0364. The third-order valence-corrected chi connectivity index (χ3v) is 11.6. The SMILES string of the molecule is C=C.CCCCCC(C)CC.CCCCCCCCC(CC)CCCCCCCN(CCCCCCCC)N1CCNCC1.CCCCCCCCCO.COC. The molecule has 0 bridgehead atoms. The average Bonchev–Trinajstić information content (AvgIpc) is 3.24. The molecule has 2 unspecified atom stereocenters. The molecule has 57 heavy (non-hydrogen) atoms. The minimum absolute atomic E-state index is 0.369. The number of nitrogens with zero attached hydrogens (tertiary/aromatic N) is 2. The first-order chi connectivity index (χ1) is 27.9. The van der Waals surface area contributed by atoms with Crippen molar-refractivity contribution in [2.75, 3.05) is 60.1 Å². The maximum Gasteiger partial charge on any atom is 0.0431 e. The Hall–Kier alpha value is -0.460. The molecule has 348 valence electrons. The van der Waals surface area contributed by atoms with Gasteiger partial charge in [-0.25, -0.2) is 10.0 Å². The minimum Gasteiger partial charge on any atom is -0.396 e. The number of aliphatic hydroxyl groups is 1. The Labute approximate surface area is 363 Å². The van der Waals surface area contributed by atoms with E-state index in [9.17, 15) is 0 Å². The number of rotatable bonds is 36. The van der Waals surface area contributed by atoms with Gasteiger partial charge in [0.2, 0.25) is 0 Å². The van der Waals surface area contributed by atoms with E-state index in [4.69, 9.17) is 5.11 Å². The lowest BCUT2D eigenvalue weighted by Gasteiger charge is -2.38. The maximum atomic E-state index is 8.47. The van der Waals surface area contributed by atoms with E-state index in [1.807, 2.05) is 0 Å². The third-order valence-electron chi connectivity index (χ3n) is 11.6. The van der Waals surface area contributed by atoms with Crippen LogP contribution in [0.25, 0.3) is 0 Å². The van der Waals surface area contributed by atoms with Gasteiger partial charge in [0.1, 0.15) is 0 Å². The molecule has 1 saturated heterocycles. The normalized spacial score (nSPS) is 13.6. The standard InChI is InChI=1S/C30H63N3.C9H20O.C9H20.C2H6O.C2H4/c1-4-7-9-11-14-18-22-30(6-3)23-19-15-13-17-21-27-32(33-28-24-31-25-29-33)26-20-16-12-10-8-5-2;1-2-3-4-5-6-7-8-9-10;1-4-6-7-8-9(3)5-2;1-3-2;1-2/h30-31H,4-29H2,1-3H3;10H,2-9H2,1H3;9H,4-8H2,1-3H3;1-2H3;1-2H2. The molecule has 0 aromatic heterocycles. The van der Waals surface area contributed by atoms with Crippen LogP contribution >= 0.6 is 0 Å². The Bertz CT molecular complexity index is 637. The van der Waals surface area contributed by atoms with Crippen molar-refractivity contribution >= 4 is 0 Å². The molecular formula is C52H113N3O2. The van der Waals surface area contributed by atoms with Gasteiger partial charge in [0, 0.05) is 60.1 Å². The van der Waals surface area contributed by atoms with E-state index < -0.39 is 0 Å². The number of piperazine rings is 1. The van der Waals surface area contributed by atoms with E-state index in [0.717, 1.165) is 31.3 Å². The fourth-order valence-electron chi connectivity index (χ4n) is 7.44. The van der Waals surface area contributed by atoms with Crippen molar-refractivity contribution < 1.29 is 9.84 Å². The number of ether oxygens (including phenoxy) is 1. The van der Waals surface area contributed by atoms with Gasteiger partial charge in [-0.2, -0.15) is 0 Å². The van der Waals surface area contributed by atoms with Crippen LogP contribution in [0, 0.1) is 11.8 Å². The number of hydrogen-bond donors (Lipinski definition) is 2. The molecule has 2 atom stereocenters. The molecule has 1 aliphatic rings. The molecular weight excluding hydrogens is 699 g/mol. The fraction of sp³-hybridized carbons (Fsp3) is 0.962. The zero-order valence-electron chi connectivity index (χ0n) is 41.4. The molecule has 0 radical (unpaired) electrons. The molecule has 2 N–H and O–H groups in total. The summed E-state index contributed by atoms with van der Waals surface area (Å²) in [6.45, 7) is 29.8. The zero-order chi connectivity index (χ0) is 43.3. The highest BCUT2D eigenvalue weighted by Crippen LogP contribution is 2.22. The molecule has 5 heteroatoms. The van der Waals surface area contributed by atoms with Gasteiger partial charge in [0.25, 0.3) is 0 Å². The van der Waals surface area contributed by atoms with Crippen LogP contribution in [-0.4, -0.2) is 75.2 Å². The van der Waals surface area contributed by atoms with E-state index in [1.165, 1.54) is 225 Å². The predicted octanol–water partition coefficient (Wildman–Crippen LogP) is 16.0. The quantitative estimate of drug-likeness (QED) is 0.0487. The first kappa shape index (κ1) is 63.2. The monoisotopic (exact) mass is 812 g/mol. The van der Waals surface area contributed by atoms with Crippen molar-refractivity contribution in [3.05, 3.63) is 13.2 Å². The molecule has 0 aliphatic carbocycles. The van der Waals surface area contributed by atoms with Gasteiger partial charge in [-0.05, 0) is 31.1 Å². The van der Waals surface area contributed by atoms with Crippen LogP contribution in [0.5, 0.6) is 0 Å². The van der Waals surface area contributed by atoms with Crippen LogP contribution in [0.15, 0.2) is 13.2 Å². The Morgan fingerprint density at radius 3 is 1.21 bits per heavy atom. The lowest BCUT2D eigenvalue weighted by atomic mass is 9.92. The van der Waals surface area contributed by atoms with E-state index in [-0.39, 0.29) is 0 Å². The number of nitrogens with one attached hydrogen (secondary N) is 1. The van der Waals surface area contributed by atoms with E-state index >= 15 is 0 Å². The highest BCUT2D eigenvalue weighted by molar-refractivity contribution is 4.68. The van der Waals surface area contributed by atoms with Crippen molar-refractivity contribution in [3.63, 3.8) is 0 Å². The Morgan fingerprint density at radius 1 is 0.509 bits per heavy atom. The van der Waals surface area contributed by atoms with E-state index in [2.05, 4.69) is 81.7 Å². The number of methoxy groups -OCH3 is 1. The molecule has 0 aromatic rings. The van der Waals surface area contributed by atoms with E-state index in [1.54, 1.807) is 14.2 Å². The Morgan fingerprint density at radius 2 is 0.842 bits per heavy atom. The topological polar surface area (TPSA) is 48.0 Å². The Balaban J connectivity index is -0.000000474. The number of hydrazine groups is 1. The Kier molecular flexibility index (Phi) is 66.3. The van der Waals surface area contributed by atoms with Crippen molar-refractivity contribution in [1.82, 2.24) is 15.3 Å². The molecule has 0 aromatic carbocycles. The van der Waals surface area contributed by atoms with Crippen molar-refractivity contribution in [1.29, 1.82) is 0 Å². The van der Waals surface area contributed by atoms with Crippen LogP contribution in [0.4, 0.5) is 0 Å². The van der Waals surface area contributed by atoms with Gasteiger partial charge in [-0.3, -0.25) is 0 Å². The maximum absolute atomic E-state index is 8.47. The summed E-state index contributed by atoms with van der Waals surface area (Å²) in [6.07, 6.45) is 44.6. The lowest BCUT2D eigenvalue weighted by Crippen LogP contribution is -2.52. The third kappa shape index (κ3) is 55.5. The minimum atomic E-state index is 0.369. The van der Waals surface area contributed by atoms with Crippen LogP contribution in [-0.2, 0) is 4.74 Å². The van der Waals surface area contributed by atoms with Gasteiger partial charge in [-0.1, -0.05) is 235 Å². The second-order valence-electron chi connectivity index (χ2n) is 17.1. The zero-order valence-corrected chi connectivity index (χ0v) is 41.4. The molecule has 0 amide bonds. The molecule has 0 spiro atoms. The summed E-state index contributed by atoms with van der Waals surface area (Å²) in [5.74, 6) is 1.95. The molecule has 1 heterocycles. The smallest absolute Gasteiger partial charge is 0.0431 e. The van der Waals surface area contributed by atoms with Gasteiger partial charge in [0.15, 0.2) is 0 Å². The van der Waals surface area contributed by atoms with Crippen molar-refractivity contribution in [2.45, 2.75) is 254 Å². The molecule has 1 fully saturated rings. The van der Waals surface area contributed by atoms with Crippen LogP contribution < -0.4 is 5.32 Å². The van der Waals surface area contributed by atoms with E-state index in [0.29, 0.717) is 6.61 Å². The number of unbranched alkanes of at least 4 members (excludes halogenated alkanes) is 22. The summed E-state index contributed by atoms with van der Waals surface area (Å²) in [5.41, 5.74) is 0. The van der Waals surface area contributed by atoms with Gasteiger partial charge >= 0.3 is 0 Å². The van der Waals surface area contributed by atoms with Gasteiger partial charge < -0.3 is 15.2 Å². The van der Waals surface area contributed by atoms with Gasteiger partial charge in [-0.15, -0.1) is 13.2 Å².